The number of nitriles is 1. The van der Waals surface area contributed by atoms with Gasteiger partial charge in [-0.3, -0.25) is 4.79 Å². The largest absolute Gasteiger partial charge is 0.425 e. The maximum absolute atomic E-state index is 13.0. The Morgan fingerprint density at radius 1 is 0.895 bits per heavy atom. The summed E-state index contributed by atoms with van der Waals surface area (Å²) < 4.78 is 5.78. The molecule has 0 N–H and O–H groups in total. The lowest BCUT2D eigenvalue weighted by molar-refractivity contribution is -0.140. The second-order valence-corrected chi connectivity index (χ2v) is 11.5. The number of esters is 1. The normalized spacial score (nSPS) is 18.1. The molecule has 3 nitrogen and oxygen atoms in total. The van der Waals surface area contributed by atoms with Crippen LogP contribution in [0.2, 0.25) is 0 Å². The van der Waals surface area contributed by atoms with Crippen LogP contribution in [0.15, 0.2) is 42.5 Å². The Balaban J connectivity index is 1.47. The molecule has 0 radical (unpaired) electrons. The first-order valence-corrected chi connectivity index (χ1v) is 15.4. The molecule has 0 saturated heterocycles. The lowest BCUT2D eigenvalue weighted by Gasteiger charge is -2.27. The van der Waals surface area contributed by atoms with Crippen LogP contribution in [0.3, 0.4) is 0 Å². The van der Waals surface area contributed by atoms with Crippen molar-refractivity contribution in [3.8, 4) is 11.8 Å². The van der Waals surface area contributed by atoms with E-state index in [0.717, 1.165) is 37.7 Å². The SMILES string of the molecule is CCCCCCCc1ccc(C2CCC(C(=O)Oc3ccc(C(C)CCCCCC)cc3C#N)CC2)cc1. The third-order valence-corrected chi connectivity index (χ3v) is 8.47. The average molecular weight is 516 g/mol. The van der Waals surface area contributed by atoms with Crippen molar-refractivity contribution < 1.29 is 9.53 Å². The number of rotatable bonds is 15. The molecule has 0 heterocycles. The van der Waals surface area contributed by atoms with Crippen LogP contribution in [0.5, 0.6) is 5.75 Å². The minimum absolute atomic E-state index is 0.0858. The van der Waals surface area contributed by atoms with Crippen molar-refractivity contribution in [3.05, 3.63) is 64.7 Å². The Kier molecular flexibility index (Phi) is 12.9. The van der Waals surface area contributed by atoms with Crippen LogP contribution < -0.4 is 4.74 Å². The van der Waals surface area contributed by atoms with Crippen LogP contribution in [0, 0.1) is 17.2 Å². The fraction of sp³-hybridized carbons (Fsp3) is 0.600. The molecule has 0 amide bonds. The summed E-state index contributed by atoms with van der Waals surface area (Å²) in [6, 6.07) is 17.2. The molecule has 38 heavy (non-hydrogen) atoms. The smallest absolute Gasteiger partial charge is 0.314 e. The molecule has 0 aliphatic heterocycles. The number of ether oxygens (including phenoxy) is 1. The molecule has 3 heteroatoms. The zero-order valence-corrected chi connectivity index (χ0v) is 24.1. The van der Waals surface area contributed by atoms with Crippen molar-refractivity contribution in [1.29, 1.82) is 5.26 Å². The maximum Gasteiger partial charge on any atom is 0.314 e. The number of hydrogen-bond donors (Lipinski definition) is 0. The summed E-state index contributed by atoms with van der Waals surface area (Å²) in [7, 11) is 0. The van der Waals surface area contributed by atoms with E-state index in [1.165, 1.54) is 75.3 Å². The van der Waals surface area contributed by atoms with E-state index in [9.17, 15) is 10.1 Å². The summed E-state index contributed by atoms with van der Waals surface area (Å²) in [6.07, 6.45) is 17.6. The number of nitrogens with zero attached hydrogens (tertiary/aromatic N) is 1. The van der Waals surface area contributed by atoms with Crippen molar-refractivity contribution in [2.45, 2.75) is 129 Å². The quantitative estimate of drug-likeness (QED) is 0.135. The number of aryl methyl sites for hydroxylation is 1. The van der Waals surface area contributed by atoms with Gasteiger partial charge in [0.1, 0.15) is 11.8 Å². The Morgan fingerprint density at radius 3 is 2.21 bits per heavy atom. The average Bonchev–Trinajstić information content (AvgIpc) is 2.95. The predicted octanol–water partition coefficient (Wildman–Crippen LogP) is 10.0. The molecule has 2 aromatic carbocycles. The number of benzene rings is 2. The van der Waals surface area contributed by atoms with Gasteiger partial charge in [-0.05, 0) is 85.6 Å². The molecule has 0 aromatic heterocycles. The highest BCUT2D eigenvalue weighted by molar-refractivity contribution is 5.76. The van der Waals surface area contributed by atoms with E-state index in [2.05, 4.69) is 51.1 Å². The van der Waals surface area contributed by atoms with E-state index in [0.29, 0.717) is 23.1 Å². The third kappa shape index (κ3) is 9.30. The maximum atomic E-state index is 13.0. The third-order valence-electron chi connectivity index (χ3n) is 8.47. The van der Waals surface area contributed by atoms with E-state index < -0.39 is 0 Å². The van der Waals surface area contributed by atoms with E-state index in [4.69, 9.17) is 4.74 Å². The van der Waals surface area contributed by atoms with Crippen LogP contribution >= 0.6 is 0 Å². The fourth-order valence-electron chi connectivity index (χ4n) is 5.82. The summed E-state index contributed by atoms with van der Waals surface area (Å²) >= 11 is 0. The lowest BCUT2D eigenvalue weighted by atomic mass is 9.78. The van der Waals surface area contributed by atoms with Gasteiger partial charge in [-0.2, -0.15) is 5.26 Å². The number of unbranched alkanes of at least 4 members (excludes halogenated alkanes) is 7. The van der Waals surface area contributed by atoms with Crippen LogP contribution in [0.4, 0.5) is 0 Å². The molecular formula is C35H49NO2. The molecule has 2 aromatic rings. The van der Waals surface area contributed by atoms with Gasteiger partial charge in [0.05, 0.1) is 11.5 Å². The first-order valence-electron chi connectivity index (χ1n) is 15.4. The first kappa shape index (κ1) is 29.9. The molecule has 1 unspecified atom stereocenters. The van der Waals surface area contributed by atoms with Gasteiger partial charge in [-0.1, -0.05) is 102 Å². The number of carbonyl (C=O) groups excluding carboxylic acids is 1. The Hall–Kier alpha value is -2.60. The Bertz CT molecular complexity index is 1010. The minimum Gasteiger partial charge on any atom is -0.425 e. The van der Waals surface area contributed by atoms with Gasteiger partial charge in [-0.15, -0.1) is 0 Å². The molecule has 0 spiro atoms. The molecule has 1 aliphatic rings. The minimum atomic E-state index is -0.182. The van der Waals surface area contributed by atoms with Crippen molar-refractivity contribution >= 4 is 5.97 Å². The summed E-state index contributed by atoms with van der Waals surface area (Å²) in [5.74, 6) is 1.06. The molecule has 1 fully saturated rings. The topological polar surface area (TPSA) is 50.1 Å². The van der Waals surface area contributed by atoms with E-state index in [1.54, 1.807) is 0 Å². The second kappa shape index (κ2) is 16.4. The van der Waals surface area contributed by atoms with Gasteiger partial charge in [0, 0.05) is 0 Å². The molecule has 1 saturated carbocycles. The highest BCUT2D eigenvalue weighted by Gasteiger charge is 2.29. The Labute approximate surface area is 232 Å². The first-order chi connectivity index (χ1) is 18.5. The number of carbonyl (C=O) groups is 1. The van der Waals surface area contributed by atoms with Crippen molar-refractivity contribution in [3.63, 3.8) is 0 Å². The molecule has 0 bridgehead atoms. The van der Waals surface area contributed by atoms with Crippen LogP contribution in [0.1, 0.15) is 145 Å². The highest BCUT2D eigenvalue weighted by atomic mass is 16.5. The molecular weight excluding hydrogens is 466 g/mol. The molecule has 206 valence electrons. The van der Waals surface area contributed by atoms with Gasteiger partial charge < -0.3 is 4.74 Å². The molecule has 1 aliphatic carbocycles. The fourth-order valence-corrected chi connectivity index (χ4v) is 5.82. The molecule has 1 atom stereocenters. The van der Waals surface area contributed by atoms with E-state index >= 15 is 0 Å². The van der Waals surface area contributed by atoms with Crippen molar-refractivity contribution in [2.75, 3.05) is 0 Å². The molecule has 3 rings (SSSR count). The zero-order chi connectivity index (χ0) is 27.2. The summed E-state index contributed by atoms with van der Waals surface area (Å²) in [5.41, 5.74) is 4.46. The van der Waals surface area contributed by atoms with Gasteiger partial charge in [0.15, 0.2) is 0 Å². The number of hydrogen-bond acceptors (Lipinski definition) is 3. The van der Waals surface area contributed by atoms with Crippen LogP contribution in [-0.4, -0.2) is 5.97 Å². The lowest BCUT2D eigenvalue weighted by Crippen LogP contribution is -2.25. The monoisotopic (exact) mass is 515 g/mol. The zero-order valence-electron chi connectivity index (χ0n) is 24.1. The van der Waals surface area contributed by atoms with Crippen molar-refractivity contribution in [1.82, 2.24) is 0 Å². The van der Waals surface area contributed by atoms with Gasteiger partial charge in [0.25, 0.3) is 0 Å². The summed E-state index contributed by atoms with van der Waals surface area (Å²) in [6.45, 7) is 6.70. The summed E-state index contributed by atoms with van der Waals surface area (Å²) in [4.78, 5) is 13.0. The van der Waals surface area contributed by atoms with Crippen LogP contribution in [0.25, 0.3) is 0 Å². The van der Waals surface area contributed by atoms with E-state index in [1.807, 2.05) is 18.2 Å². The van der Waals surface area contributed by atoms with Gasteiger partial charge >= 0.3 is 5.97 Å². The van der Waals surface area contributed by atoms with Crippen molar-refractivity contribution in [2.24, 2.45) is 5.92 Å². The highest BCUT2D eigenvalue weighted by Crippen LogP contribution is 2.37. The van der Waals surface area contributed by atoms with Gasteiger partial charge in [0.2, 0.25) is 0 Å². The predicted molar refractivity (Wildman–Crippen MR) is 158 cm³/mol. The summed E-state index contributed by atoms with van der Waals surface area (Å²) in [5, 5.41) is 9.71. The van der Waals surface area contributed by atoms with Crippen LogP contribution in [-0.2, 0) is 11.2 Å². The van der Waals surface area contributed by atoms with Gasteiger partial charge in [-0.25, -0.2) is 0 Å². The second-order valence-electron chi connectivity index (χ2n) is 11.5. The standard InChI is InChI=1S/C35H49NO2/c1-4-6-8-10-12-14-28-15-17-29(18-16-28)30-19-21-31(22-20-30)35(37)38-34-24-23-32(25-33(34)26-36)27(3)13-11-9-7-5-2/h15-18,23-25,27,30-31H,4-14,19-22H2,1-3H3. The Morgan fingerprint density at radius 2 is 1.55 bits per heavy atom. The van der Waals surface area contributed by atoms with E-state index in [-0.39, 0.29) is 11.9 Å².